The van der Waals surface area contributed by atoms with E-state index in [4.69, 9.17) is 5.26 Å². The summed E-state index contributed by atoms with van der Waals surface area (Å²) in [5.74, 6) is 2.33. The average molecular weight is 420 g/mol. The highest BCUT2D eigenvalue weighted by atomic mass is 16.2. The summed E-state index contributed by atoms with van der Waals surface area (Å²) < 4.78 is 0. The van der Waals surface area contributed by atoms with Gasteiger partial charge in [0.2, 0.25) is 11.8 Å². The van der Waals surface area contributed by atoms with Crippen molar-refractivity contribution in [1.82, 2.24) is 5.32 Å². The quantitative estimate of drug-likeness (QED) is 0.733. The second-order valence-corrected chi connectivity index (χ2v) is 10.9. The molecule has 7 atom stereocenters. The summed E-state index contributed by atoms with van der Waals surface area (Å²) in [6.07, 6.45) is 8.29. The zero-order chi connectivity index (χ0) is 21.8. The number of benzene rings is 1. The van der Waals surface area contributed by atoms with Crippen LogP contribution in [0.5, 0.6) is 0 Å². The maximum absolute atomic E-state index is 13.3. The van der Waals surface area contributed by atoms with Crippen LogP contribution in [-0.2, 0) is 9.59 Å². The van der Waals surface area contributed by atoms with Crippen molar-refractivity contribution in [3.05, 3.63) is 29.8 Å². The summed E-state index contributed by atoms with van der Waals surface area (Å²) in [7, 11) is 0. The Bertz CT molecular complexity index is 935. The van der Waals surface area contributed by atoms with Crippen LogP contribution in [0.2, 0.25) is 0 Å². The van der Waals surface area contributed by atoms with Gasteiger partial charge >= 0.3 is 0 Å². The lowest BCUT2D eigenvalue weighted by Gasteiger charge is -2.60. The van der Waals surface area contributed by atoms with Crippen LogP contribution < -0.4 is 10.6 Å². The van der Waals surface area contributed by atoms with Crippen molar-refractivity contribution in [2.45, 2.75) is 71.3 Å². The van der Waals surface area contributed by atoms with Crippen LogP contribution in [0, 0.1) is 45.8 Å². The Morgan fingerprint density at radius 1 is 1.03 bits per heavy atom. The smallest absolute Gasteiger partial charge is 0.228 e. The minimum absolute atomic E-state index is 0.0469. The Kier molecular flexibility index (Phi) is 4.88. The lowest BCUT2D eigenvalue weighted by molar-refractivity contribution is -0.140. The molecule has 4 fully saturated rings. The predicted octanol–water partition coefficient (Wildman–Crippen LogP) is 4.63. The Balaban J connectivity index is 1.33. The van der Waals surface area contributed by atoms with Crippen molar-refractivity contribution >= 4 is 17.5 Å². The average Bonchev–Trinajstić information content (AvgIpc) is 3.12. The molecule has 2 N–H and O–H groups in total. The summed E-state index contributed by atoms with van der Waals surface area (Å²) in [4.78, 5) is 25.3. The zero-order valence-corrected chi connectivity index (χ0v) is 18.6. The fourth-order valence-corrected chi connectivity index (χ4v) is 7.99. The molecule has 1 aliphatic heterocycles. The van der Waals surface area contributed by atoms with Crippen molar-refractivity contribution in [1.29, 1.82) is 5.26 Å². The van der Waals surface area contributed by atoms with E-state index in [1.807, 2.05) is 12.1 Å². The molecule has 0 bridgehead atoms. The fraction of sp³-hybridized carbons (Fsp3) is 0.654. The maximum atomic E-state index is 13.3. The Hall–Kier alpha value is -2.35. The van der Waals surface area contributed by atoms with E-state index in [1.165, 1.54) is 12.8 Å². The van der Waals surface area contributed by atoms with E-state index in [9.17, 15) is 9.59 Å². The van der Waals surface area contributed by atoms with Gasteiger partial charge in [0.25, 0.3) is 0 Å². The molecule has 5 rings (SSSR count). The molecule has 0 aromatic heterocycles. The van der Waals surface area contributed by atoms with Gasteiger partial charge in [-0.3, -0.25) is 9.59 Å². The van der Waals surface area contributed by atoms with Gasteiger partial charge in [0.15, 0.2) is 0 Å². The number of carbonyl (C=O) groups is 2. The van der Waals surface area contributed by atoms with E-state index in [-0.39, 0.29) is 28.6 Å². The molecule has 1 aromatic rings. The number of hydrogen-bond donors (Lipinski definition) is 2. The number of nitrogens with zero attached hydrogens (tertiary/aromatic N) is 1. The number of amides is 2. The molecule has 5 heteroatoms. The number of nitriles is 1. The predicted molar refractivity (Wildman–Crippen MR) is 119 cm³/mol. The van der Waals surface area contributed by atoms with Gasteiger partial charge in [0.1, 0.15) is 0 Å². The molecule has 0 spiro atoms. The van der Waals surface area contributed by atoms with Gasteiger partial charge in [0, 0.05) is 24.1 Å². The molecular weight excluding hydrogens is 386 g/mol. The maximum Gasteiger partial charge on any atom is 0.228 e. The molecule has 3 saturated carbocycles. The molecule has 5 nitrogen and oxygen atoms in total. The van der Waals surface area contributed by atoms with Crippen LogP contribution >= 0.6 is 0 Å². The second kappa shape index (κ2) is 7.36. The van der Waals surface area contributed by atoms with Gasteiger partial charge < -0.3 is 10.6 Å². The molecular formula is C26H33N3O2. The minimum Gasteiger partial charge on any atom is -0.353 e. The number of anilines is 1. The largest absolute Gasteiger partial charge is 0.353 e. The highest BCUT2D eigenvalue weighted by Gasteiger charge is 2.61. The van der Waals surface area contributed by atoms with Crippen molar-refractivity contribution in [2.24, 2.45) is 34.5 Å². The van der Waals surface area contributed by atoms with E-state index < -0.39 is 0 Å². The SMILES string of the molecule is C[C@]12CCC(=O)N[C@@H]1CC[C@@H]1[C@@H]2CC[C@]2(C)[C@@H](C(=O)Nc3ccc(C#N)cc3)CC[C@@H]12. The summed E-state index contributed by atoms with van der Waals surface area (Å²) in [5, 5.41) is 15.4. The first-order valence-electron chi connectivity index (χ1n) is 12.0. The number of fused-ring (bicyclic) bond motifs is 5. The van der Waals surface area contributed by atoms with E-state index in [0.717, 1.165) is 37.8 Å². The van der Waals surface area contributed by atoms with E-state index in [2.05, 4.69) is 30.6 Å². The zero-order valence-electron chi connectivity index (χ0n) is 18.6. The number of rotatable bonds is 2. The topological polar surface area (TPSA) is 82.0 Å². The summed E-state index contributed by atoms with van der Waals surface area (Å²) >= 11 is 0. The molecule has 1 heterocycles. The molecule has 4 aliphatic rings. The van der Waals surface area contributed by atoms with Gasteiger partial charge in [-0.2, -0.15) is 5.26 Å². The Labute approximate surface area is 185 Å². The van der Waals surface area contributed by atoms with Crippen LogP contribution in [0.15, 0.2) is 24.3 Å². The van der Waals surface area contributed by atoms with Gasteiger partial charge in [-0.15, -0.1) is 0 Å². The highest BCUT2D eigenvalue weighted by molar-refractivity contribution is 5.93. The molecule has 2 amide bonds. The molecule has 0 unspecified atom stereocenters. The first kappa shape index (κ1) is 20.5. The normalized spacial score (nSPS) is 41.2. The van der Waals surface area contributed by atoms with Crippen molar-refractivity contribution in [2.75, 3.05) is 5.32 Å². The van der Waals surface area contributed by atoms with Gasteiger partial charge in [0.05, 0.1) is 11.6 Å². The van der Waals surface area contributed by atoms with Crippen LogP contribution in [0.4, 0.5) is 5.69 Å². The minimum atomic E-state index is 0.0469. The summed E-state index contributed by atoms with van der Waals surface area (Å²) in [6, 6.07) is 9.60. The number of hydrogen-bond acceptors (Lipinski definition) is 3. The van der Waals surface area contributed by atoms with Crippen molar-refractivity contribution in [3.8, 4) is 6.07 Å². The summed E-state index contributed by atoms with van der Waals surface area (Å²) in [5.41, 5.74) is 1.64. The van der Waals surface area contributed by atoms with E-state index in [0.29, 0.717) is 35.8 Å². The molecule has 164 valence electrons. The third kappa shape index (κ3) is 3.18. The molecule has 31 heavy (non-hydrogen) atoms. The monoisotopic (exact) mass is 419 g/mol. The number of carbonyl (C=O) groups excluding carboxylic acids is 2. The van der Waals surface area contributed by atoms with Crippen LogP contribution in [0.3, 0.4) is 0 Å². The standard InChI is InChI=1S/C26H33N3O2/c1-25-13-11-20-18(7-10-22-26(20,2)14-12-23(30)29-22)19(25)8-9-21(25)24(31)28-17-5-3-16(15-27)4-6-17/h3-6,18-22H,7-14H2,1-2H3,(H,28,31)(H,29,30)/t18-,19-,20-,21+,22+,25-,26+/m0/s1. The van der Waals surface area contributed by atoms with E-state index >= 15 is 0 Å². The summed E-state index contributed by atoms with van der Waals surface area (Å²) in [6.45, 7) is 4.78. The van der Waals surface area contributed by atoms with Gasteiger partial charge in [-0.1, -0.05) is 13.8 Å². The Morgan fingerprint density at radius 2 is 1.77 bits per heavy atom. The third-order valence-electron chi connectivity index (χ3n) is 9.69. The van der Waals surface area contributed by atoms with Gasteiger partial charge in [-0.25, -0.2) is 0 Å². The van der Waals surface area contributed by atoms with Crippen LogP contribution in [0.1, 0.15) is 70.8 Å². The van der Waals surface area contributed by atoms with Crippen molar-refractivity contribution in [3.63, 3.8) is 0 Å². The number of nitrogens with one attached hydrogen (secondary N) is 2. The van der Waals surface area contributed by atoms with Crippen molar-refractivity contribution < 1.29 is 9.59 Å². The first-order valence-corrected chi connectivity index (χ1v) is 12.0. The molecule has 1 aromatic carbocycles. The number of piperidine rings is 1. The third-order valence-corrected chi connectivity index (χ3v) is 9.69. The lowest BCUT2D eigenvalue weighted by Crippen LogP contribution is -2.61. The lowest BCUT2D eigenvalue weighted by atomic mass is 9.47. The van der Waals surface area contributed by atoms with E-state index in [1.54, 1.807) is 12.1 Å². The molecule has 1 saturated heterocycles. The Morgan fingerprint density at radius 3 is 2.52 bits per heavy atom. The van der Waals surface area contributed by atoms with Gasteiger partial charge in [-0.05, 0) is 97.8 Å². The van der Waals surface area contributed by atoms with Crippen LogP contribution in [0.25, 0.3) is 0 Å². The fourth-order valence-electron chi connectivity index (χ4n) is 7.99. The first-order chi connectivity index (χ1) is 14.8. The highest BCUT2D eigenvalue weighted by Crippen LogP contribution is 2.65. The molecule has 3 aliphatic carbocycles. The van der Waals surface area contributed by atoms with Crippen LogP contribution in [-0.4, -0.2) is 17.9 Å². The molecule has 0 radical (unpaired) electrons. The second-order valence-electron chi connectivity index (χ2n) is 10.9.